The van der Waals surface area contributed by atoms with Crippen molar-refractivity contribution in [1.29, 1.82) is 0 Å². The molecule has 1 N–H and O–H groups in total. The highest BCUT2D eigenvalue weighted by atomic mass is 19.4. The van der Waals surface area contributed by atoms with E-state index in [9.17, 15) is 13.2 Å². The number of halogens is 3. The van der Waals surface area contributed by atoms with Crippen molar-refractivity contribution < 1.29 is 13.2 Å². The van der Waals surface area contributed by atoms with Gasteiger partial charge in [0.2, 0.25) is 0 Å². The van der Waals surface area contributed by atoms with E-state index in [1.54, 1.807) is 6.33 Å². The SMILES string of the molecule is CCNCc1cn(Cc2ccc(C(F)(F)F)cc2)cn1. The molecule has 6 heteroatoms. The van der Waals surface area contributed by atoms with Crippen molar-refractivity contribution in [1.82, 2.24) is 14.9 Å². The number of hydrogen-bond donors (Lipinski definition) is 1. The van der Waals surface area contributed by atoms with E-state index >= 15 is 0 Å². The Balaban J connectivity index is 2.01. The fraction of sp³-hybridized carbons (Fsp3) is 0.357. The molecule has 0 atom stereocenters. The number of benzene rings is 1. The van der Waals surface area contributed by atoms with Gasteiger partial charge in [0.25, 0.3) is 0 Å². The normalized spacial score (nSPS) is 11.8. The molecule has 0 amide bonds. The first-order valence-corrected chi connectivity index (χ1v) is 6.36. The molecule has 0 saturated carbocycles. The second-order valence-corrected chi connectivity index (χ2v) is 4.51. The van der Waals surface area contributed by atoms with E-state index in [1.807, 2.05) is 17.7 Å². The van der Waals surface area contributed by atoms with Crippen molar-refractivity contribution in [2.24, 2.45) is 0 Å². The highest BCUT2D eigenvalue weighted by molar-refractivity contribution is 5.24. The van der Waals surface area contributed by atoms with Crippen LogP contribution >= 0.6 is 0 Å². The lowest BCUT2D eigenvalue weighted by molar-refractivity contribution is -0.137. The number of nitrogens with one attached hydrogen (secondary N) is 1. The van der Waals surface area contributed by atoms with Gasteiger partial charge in [0.15, 0.2) is 0 Å². The molecule has 0 bridgehead atoms. The first kappa shape index (κ1) is 14.6. The van der Waals surface area contributed by atoms with Gasteiger partial charge in [-0.2, -0.15) is 13.2 Å². The van der Waals surface area contributed by atoms with Crippen molar-refractivity contribution in [2.75, 3.05) is 6.54 Å². The van der Waals surface area contributed by atoms with Gasteiger partial charge in [0.1, 0.15) is 0 Å². The Morgan fingerprint density at radius 2 is 1.90 bits per heavy atom. The van der Waals surface area contributed by atoms with Gasteiger partial charge < -0.3 is 9.88 Å². The predicted octanol–water partition coefficient (Wildman–Crippen LogP) is 3.06. The summed E-state index contributed by atoms with van der Waals surface area (Å²) in [5, 5.41) is 3.16. The smallest absolute Gasteiger partial charge is 0.333 e. The summed E-state index contributed by atoms with van der Waals surface area (Å²) >= 11 is 0. The van der Waals surface area contributed by atoms with E-state index in [-0.39, 0.29) is 0 Å². The van der Waals surface area contributed by atoms with Crippen molar-refractivity contribution in [3.63, 3.8) is 0 Å². The molecule has 1 aromatic carbocycles. The minimum Gasteiger partial charge on any atom is -0.333 e. The van der Waals surface area contributed by atoms with Gasteiger partial charge in [-0.25, -0.2) is 4.98 Å². The molecule has 3 nitrogen and oxygen atoms in total. The Hall–Kier alpha value is -1.82. The van der Waals surface area contributed by atoms with Gasteiger partial charge in [0, 0.05) is 19.3 Å². The summed E-state index contributed by atoms with van der Waals surface area (Å²) in [5.41, 5.74) is 1.10. The van der Waals surface area contributed by atoms with Crippen LogP contribution in [0.15, 0.2) is 36.8 Å². The number of imidazole rings is 1. The first-order chi connectivity index (χ1) is 9.49. The Morgan fingerprint density at radius 3 is 2.50 bits per heavy atom. The molecule has 20 heavy (non-hydrogen) atoms. The van der Waals surface area contributed by atoms with Crippen LogP contribution in [0.2, 0.25) is 0 Å². The van der Waals surface area contributed by atoms with Crippen LogP contribution in [0.25, 0.3) is 0 Å². The zero-order chi connectivity index (χ0) is 14.6. The second-order valence-electron chi connectivity index (χ2n) is 4.51. The van der Waals surface area contributed by atoms with Crippen LogP contribution < -0.4 is 5.32 Å². The van der Waals surface area contributed by atoms with E-state index in [1.165, 1.54) is 12.1 Å². The number of hydrogen-bond acceptors (Lipinski definition) is 2. The number of rotatable bonds is 5. The largest absolute Gasteiger partial charge is 0.416 e. The maximum atomic E-state index is 12.4. The van der Waals surface area contributed by atoms with Crippen LogP contribution in [0.5, 0.6) is 0 Å². The molecule has 0 saturated heterocycles. The molecular formula is C14H16F3N3. The zero-order valence-corrected chi connectivity index (χ0v) is 11.1. The van der Waals surface area contributed by atoms with Crippen LogP contribution in [0.3, 0.4) is 0 Å². The highest BCUT2D eigenvalue weighted by Gasteiger charge is 2.29. The molecule has 0 aliphatic carbocycles. The molecule has 1 aromatic heterocycles. The quantitative estimate of drug-likeness (QED) is 0.914. The molecule has 0 fully saturated rings. The fourth-order valence-electron chi connectivity index (χ4n) is 1.85. The van der Waals surface area contributed by atoms with Crippen LogP contribution in [-0.4, -0.2) is 16.1 Å². The third-order valence-corrected chi connectivity index (χ3v) is 2.89. The minimum absolute atomic E-state index is 0.511. The van der Waals surface area contributed by atoms with Crippen LogP contribution in [0.4, 0.5) is 13.2 Å². The van der Waals surface area contributed by atoms with Gasteiger partial charge in [-0.1, -0.05) is 19.1 Å². The predicted molar refractivity (Wildman–Crippen MR) is 70.2 cm³/mol. The lowest BCUT2D eigenvalue weighted by Gasteiger charge is -2.08. The van der Waals surface area contributed by atoms with E-state index in [0.29, 0.717) is 13.1 Å². The summed E-state index contributed by atoms with van der Waals surface area (Å²) in [6.45, 7) is 4.08. The third-order valence-electron chi connectivity index (χ3n) is 2.89. The lowest BCUT2D eigenvalue weighted by atomic mass is 10.1. The minimum atomic E-state index is -4.29. The molecule has 1 heterocycles. The molecule has 108 valence electrons. The Morgan fingerprint density at radius 1 is 1.20 bits per heavy atom. The van der Waals surface area contributed by atoms with Gasteiger partial charge in [-0.05, 0) is 24.2 Å². The Labute approximate surface area is 115 Å². The van der Waals surface area contributed by atoms with Crippen LogP contribution in [0.1, 0.15) is 23.7 Å². The summed E-state index contributed by atoms with van der Waals surface area (Å²) in [5.74, 6) is 0. The summed E-state index contributed by atoms with van der Waals surface area (Å²) < 4.78 is 39.2. The van der Waals surface area contributed by atoms with Crippen LogP contribution in [0, 0.1) is 0 Å². The molecule has 2 rings (SSSR count). The highest BCUT2D eigenvalue weighted by Crippen LogP contribution is 2.29. The average Bonchev–Trinajstić information content (AvgIpc) is 2.83. The van der Waals surface area contributed by atoms with E-state index in [0.717, 1.165) is 29.9 Å². The first-order valence-electron chi connectivity index (χ1n) is 6.36. The molecule has 0 spiro atoms. The van der Waals surface area contributed by atoms with Crippen molar-refractivity contribution in [3.8, 4) is 0 Å². The topological polar surface area (TPSA) is 29.9 Å². The van der Waals surface area contributed by atoms with Crippen LogP contribution in [-0.2, 0) is 19.3 Å². The summed E-state index contributed by atoms with van der Waals surface area (Å²) in [4.78, 5) is 4.23. The Kier molecular flexibility index (Phi) is 4.44. The molecule has 0 aliphatic rings. The van der Waals surface area contributed by atoms with Crippen molar-refractivity contribution >= 4 is 0 Å². The molecule has 2 aromatic rings. The zero-order valence-electron chi connectivity index (χ0n) is 11.1. The third kappa shape index (κ3) is 3.84. The average molecular weight is 283 g/mol. The van der Waals surface area contributed by atoms with E-state index < -0.39 is 11.7 Å². The summed E-state index contributed by atoms with van der Waals surface area (Å²) in [6.07, 6.45) is -0.711. The fourth-order valence-corrected chi connectivity index (χ4v) is 1.85. The molecule has 0 radical (unpaired) electrons. The standard InChI is InChI=1S/C14H16F3N3/c1-2-18-7-13-9-20(10-19-13)8-11-3-5-12(6-4-11)14(15,16)17/h3-6,9-10,18H,2,7-8H2,1H3. The van der Waals surface area contributed by atoms with Gasteiger partial charge in [0.05, 0.1) is 17.6 Å². The van der Waals surface area contributed by atoms with Gasteiger partial charge in [-0.3, -0.25) is 0 Å². The number of alkyl halides is 3. The maximum absolute atomic E-state index is 12.4. The van der Waals surface area contributed by atoms with E-state index in [4.69, 9.17) is 0 Å². The molecule has 0 unspecified atom stereocenters. The molecular weight excluding hydrogens is 267 g/mol. The Bertz CT molecular complexity index is 544. The summed E-state index contributed by atoms with van der Waals surface area (Å²) in [7, 11) is 0. The summed E-state index contributed by atoms with van der Waals surface area (Å²) in [6, 6.07) is 5.19. The monoisotopic (exact) mass is 283 g/mol. The van der Waals surface area contributed by atoms with Gasteiger partial charge >= 0.3 is 6.18 Å². The maximum Gasteiger partial charge on any atom is 0.416 e. The number of nitrogens with zero attached hydrogens (tertiary/aromatic N) is 2. The molecule has 0 aliphatic heterocycles. The van der Waals surface area contributed by atoms with Gasteiger partial charge in [-0.15, -0.1) is 0 Å². The second kappa shape index (κ2) is 6.09. The van der Waals surface area contributed by atoms with Crippen molar-refractivity contribution in [3.05, 3.63) is 53.6 Å². The van der Waals surface area contributed by atoms with E-state index in [2.05, 4.69) is 10.3 Å². The lowest BCUT2D eigenvalue weighted by Crippen LogP contribution is -2.11. The number of aromatic nitrogens is 2. The van der Waals surface area contributed by atoms with Crippen molar-refractivity contribution in [2.45, 2.75) is 26.2 Å².